The van der Waals surface area contributed by atoms with Crippen molar-refractivity contribution in [2.75, 3.05) is 0 Å². The van der Waals surface area contributed by atoms with Crippen molar-refractivity contribution in [3.8, 4) is 0 Å². The zero-order chi connectivity index (χ0) is 6.81. The molecule has 10 heavy (non-hydrogen) atoms. The monoisotopic (exact) mass is 314 g/mol. The number of hydrogen-bond donors (Lipinski definition) is 0. The van der Waals surface area contributed by atoms with Gasteiger partial charge in [-0.2, -0.15) is 0 Å². The van der Waals surface area contributed by atoms with Crippen LogP contribution in [0, 0.1) is 0 Å². The molecule has 1 aliphatic rings. The second-order valence-corrected chi connectivity index (χ2v) is 21.6. The fraction of sp³-hybridized carbons (Fsp3) is 0. The van der Waals surface area contributed by atoms with Crippen molar-refractivity contribution in [2.45, 2.75) is 0 Å². The van der Waals surface area contributed by atoms with Gasteiger partial charge in [0.05, 0.1) is 0 Å². The fourth-order valence-corrected chi connectivity index (χ4v) is 20.2. The third kappa shape index (κ3) is 1.50. The Balaban J connectivity index is 2.65. The molecule has 2 rings (SSSR count). The molecule has 0 radical (unpaired) electrons. The summed E-state index contributed by atoms with van der Waals surface area (Å²) < 4.78 is 1.68. The van der Waals surface area contributed by atoms with Crippen LogP contribution >= 0.6 is 0 Å². The molecule has 0 amide bonds. The Morgan fingerprint density at radius 1 is 1.10 bits per heavy atom. The summed E-state index contributed by atoms with van der Waals surface area (Å²) in [6, 6.07) is 8.90. The topological polar surface area (TPSA) is 0 Å². The van der Waals surface area contributed by atoms with Gasteiger partial charge in [0, 0.05) is 0 Å². The summed E-state index contributed by atoms with van der Waals surface area (Å²) in [7, 11) is 0. The van der Waals surface area contributed by atoms with Crippen LogP contribution in [0.1, 0.15) is 5.56 Å². The first-order chi connectivity index (χ1) is 4.97. The van der Waals surface area contributed by atoms with Gasteiger partial charge in [-0.25, -0.2) is 0 Å². The molecule has 1 aromatic carbocycles. The van der Waals surface area contributed by atoms with Crippen LogP contribution < -0.4 is 4.35 Å². The number of benzene rings is 1. The van der Waals surface area contributed by atoms with Crippen molar-refractivity contribution in [3.63, 3.8) is 0 Å². The Bertz CT molecular complexity index is 270. The summed E-state index contributed by atoms with van der Waals surface area (Å²) in [5, 5.41) is 0. The van der Waals surface area contributed by atoms with Crippen LogP contribution in [-0.2, 0) is 0 Å². The first kappa shape index (κ1) is 7.42. The number of fused-ring (bicyclic) bond motifs is 1. The standard InChI is InChI=1S/C7H5As3/c1-2-4-7-6(3-1)5-8-10-9-7/h1-5H. The third-order valence-corrected chi connectivity index (χ3v) is 20.5. The summed E-state index contributed by atoms with van der Waals surface area (Å²) in [5.41, 5.74) is 1.56. The Morgan fingerprint density at radius 2 is 2.00 bits per heavy atom. The first-order valence-corrected chi connectivity index (χ1v) is 15.4. The Labute approximate surface area is 75.9 Å². The molecule has 1 aromatic rings. The fourth-order valence-electron chi connectivity index (χ4n) is 0.850. The van der Waals surface area contributed by atoms with Crippen LogP contribution in [0.2, 0.25) is 0 Å². The molecule has 0 saturated heterocycles. The van der Waals surface area contributed by atoms with Crippen molar-refractivity contribution in [1.82, 2.24) is 0 Å². The summed E-state index contributed by atoms with van der Waals surface area (Å²) >= 11 is 2.08. The Hall–Kier alpha value is 0.765. The Morgan fingerprint density at radius 3 is 2.90 bits per heavy atom. The van der Waals surface area contributed by atoms with E-state index in [1.807, 2.05) is 0 Å². The van der Waals surface area contributed by atoms with E-state index in [0.717, 1.165) is 11.1 Å². The molecule has 1 heterocycles. The maximum absolute atomic E-state index is 2.49. The quantitative estimate of drug-likeness (QED) is 0.562. The van der Waals surface area contributed by atoms with Crippen LogP contribution in [0.25, 0.3) is 0 Å². The second-order valence-electron chi connectivity index (χ2n) is 1.99. The predicted octanol–water partition coefficient (Wildman–Crippen LogP) is -0.582. The van der Waals surface area contributed by atoms with E-state index in [4.69, 9.17) is 0 Å². The maximum atomic E-state index is 2.49. The second kappa shape index (κ2) is 3.44. The van der Waals surface area contributed by atoms with E-state index in [1.54, 1.807) is 9.91 Å². The van der Waals surface area contributed by atoms with E-state index in [0.29, 0.717) is 26.4 Å². The molecular formula is C7H5As3. The molecule has 0 nitrogen and oxygen atoms in total. The minimum absolute atomic E-state index is 0.633. The molecule has 0 unspecified atom stereocenters. The van der Waals surface area contributed by atoms with Gasteiger partial charge in [-0.15, -0.1) is 0 Å². The third-order valence-electron chi connectivity index (χ3n) is 1.34. The molecule has 0 aromatic heterocycles. The van der Waals surface area contributed by atoms with E-state index in [1.165, 1.54) is 0 Å². The van der Waals surface area contributed by atoms with E-state index >= 15 is 0 Å². The number of rotatable bonds is 0. The van der Waals surface area contributed by atoms with Crippen LogP contribution in [0.15, 0.2) is 24.3 Å². The molecule has 3 heteroatoms. The minimum atomic E-state index is 0.633. The van der Waals surface area contributed by atoms with Gasteiger partial charge in [-0.1, -0.05) is 0 Å². The summed E-state index contributed by atoms with van der Waals surface area (Å²) in [6.45, 7) is 0. The molecule has 0 aliphatic carbocycles. The van der Waals surface area contributed by atoms with Crippen LogP contribution in [0.4, 0.5) is 0 Å². The van der Waals surface area contributed by atoms with Crippen LogP contribution in [-0.4, -0.2) is 42.3 Å². The van der Waals surface area contributed by atoms with Gasteiger partial charge in [0.2, 0.25) is 0 Å². The van der Waals surface area contributed by atoms with Gasteiger partial charge in [0.1, 0.15) is 0 Å². The normalized spacial score (nSPS) is 18.0. The molecule has 0 N–H and O–H groups in total. The Kier molecular flexibility index (Phi) is 2.55. The van der Waals surface area contributed by atoms with Gasteiger partial charge >= 0.3 is 76.4 Å². The molecule has 48 valence electrons. The molecule has 0 fully saturated rings. The SMILES string of the molecule is C1=[As][As]=[As]c2ccccc21. The summed E-state index contributed by atoms with van der Waals surface area (Å²) in [4.78, 5) is 2.49. The van der Waals surface area contributed by atoms with E-state index in [2.05, 4.69) is 29.1 Å². The van der Waals surface area contributed by atoms with E-state index in [-0.39, 0.29) is 0 Å². The summed E-state index contributed by atoms with van der Waals surface area (Å²) in [5.74, 6) is 0. The average molecular weight is 314 g/mol. The van der Waals surface area contributed by atoms with Crippen molar-refractivity contribution in [3.05, 3.63) is 29.8 Å². The van der Waals surface area contributed by atoms with Crippen LogP contribution in [0.5, 0.6) is 0 Å². The van der Waals surface area contributed by atoms with Gasteiger partial charge in [0.15, 0.2) is 0 Å². The van der Waals surface area contributed by atoms with E-state index < -0.39 is 0 Å². The zero-order valence-corrected chi connectivity index (χ0v) is 10.9. The van der Waals surface area contributed by atoms with Gasteiger partial charge < -0.3 is 0 Å². The van der Waals surface area contributed by atoms with Crippen molar-refractivity contribution >= 4 is 46.6 Å². The average Bonchev–Trinajstić information content (AvgIpc) is 2.05. The molecule has 0 saturated carbocycles. The molecular weight excluding hydrogens is 309 g/mol. The van der Waals surface area contributed by atoms with Gasteiger partial charge in [-0.05, 0) is 0 Å². The first-order valence-electron chi connectivity index (χ1n) is 3.00. The van der Waals surface area contributed by atoms with E-state index in [9.17, 15) is 0 Å². The van der Waals surface area contributed by atoms with Crippen molar-refractivity contribution in [1.29, 1.82) is 0 Å². The van der Waals surface area contributed by atoms with Gasteiger partial charge in [0.25, 0.3) is 0 Å². The number of hydrogen-bond acceptors (Lipinski definition) is 0. The molecule has 0 spiro atoms. The van der Waals surface area contributed by atoms with Gasteiger partial charge in [-0.3, -0.25) is 0 Å². The molecule has 0 bridgehead atoms. The van der Waals surface area contributed by atoms with Crippen LogP contribution in [0.3, 0.4) is 0 Å². The molecule has 0 atom stereocenters. The zero-order valence-electron chi connectivity index (χ0n) is 5.23. The van der Waals surface area contributed by atoms with Crippen molar-refractivity contribution in [2.24, 2.45) is 0 Å². The molecule has 1 aliphatic heterocycles. The van der Waals surface area contributed by atoms with Crippen molar-refractivity contribution < 1.29 is 0 Å². The summed E-state index contributed by atoms with van der Waals surface area (Å²) in [6.07, 6.45) is 0. The predicted molar refractivity (Wildman–Crippen MR) is 48.5 cm³/mol.